The molecule has 0 rings (SSSR count). The van der Waals surface area contributed by atoms with E-state index in [2.05, 4.69) is 57.2 Å². The Bertz CT molecular complexity index is 1190. The summed E-state index contributed by atoms with van der Waals surface area (Å²) in [6.07, 6.45) is 73.9. The first-order valence-corrected chi connectivity index (χ1v) is 31.5. The molecule has 0 aromatic heterocycles. The van der Waals surface area contributed by atoms with E-state index in [0.717, 1.165) is 89.9 Å². The number of ether oxygens (including phenoxy) is 3. The minimum Gasteiger partial charge on any atom is -0.462 e. The molecular weight excluding hydrogens is 877 g/mol. The van der Waals surface area contributed by atoms with Gasteiger partial charge in [-0.05, 0) is 51.4 Å². The van der Waals surface area contributed by atoms with Crippen molar-refractivity contribution in [1.82, 2.24) is 0 Å². The van der Waals surface area contributed by atoms with Crippen molar-refractivity contribution in [2.45, 2.75) is 348 Å². The van der Waals surface area contributed by atoms with Gasteiger partial charge in [-0.25, -0.2) is 0 Å². The molecule has 6 heteroatoms. The summed E-state index contributed by atoms with van der Waals surface area (Å²) in [5, 5.41) is 0. The van der Waals surface area contributed by atoms with Gasteiger partial charge >= 0.3 is 17.9 Å². The number of esters is 3. The van der Waals surface area contributed by atoms with Crippen molar-refractivity contribution in [2.24, 2.45) is 0 Å². The highest BCUT2D eigenvalue weighted by molar-refractivity contribution is 5.71. The quantitative estimate of drug-likeness (QED) is 0.0261. The molecular formula is C65H120O6. The van der Waals surface area contributed by atoms with Crippen LogP contribution in [0, 0.1) is 0 Å². The molecule has 0 aliphatic rings. The largest absolute Gasteiger partial charge is 0.462 e. The maximum Gasteiger partial charge on any atom is 0.306 e. The summed E-state index contributed by atoms with van der Waals surface area (Å²) in [6, 6.07) is 0. The van der Waals surface area contributed by atoms with Crippen LogP contribution in [0.1, 0.15) is 342 Å². The third kappa shape index (κ3) is 58.4. The fourth-order valence-electron chi connectivity index (χ4n) is 9.46. The Hall–Kier alpha value is -2.37. The van der Waals surface area contributed by atoms with E-state index in [0.29, 0.717) is 19.3 Å². The van der Waals surface area contributed by atoms with E-state index in [4.69, 9.17) is 14.2 Å². The normalized spacial score (nSPS) is 12.2. The number of rotatable bonds is 58. The first-order valence-electron chi connectivity index (χ1n) is 31.5. The van der Waals surface area contributed by atoms with E-state index in [1.165, 1.54) is 212 Å². The van der Waals surface area contributed by atoms with Crippen molar-refractivity contribution in [1.29, 1.82) is 0 Å². The molecule has 0 aliphatic heterocycles. The minimum absolute atomic E-state index is 0.0812. The lowest BCUT2D eigenvalue weighted by Crippen LogP contribution is -2.30. The van der Waals surface area contributed by atoms with Gasteiger partial charge in [0.1, 0.15) is 13.2 Å². The van der Waals surface area contributed by atoms with Crippen LogP contribution in [0.2, 0.25) is 0 Å². The molecule has 6 nitrogen and oxygen atoms in total. The zero-order valence-corrected chi connectivity index (χ0v) is 47.8. The second-order valence-corrected chi connectivity index (χ2v) is 21.3. The Balaban J connectivity index is 3.81. The maximum atomic E-state index is 12.7. The summed E-state index contributed by atoms with van der Waals surface area (Å²) >= 11 is 0. The molecule has 71 heavy (non-hydrogen) atoms. The highest BCUT2D eigenvalue weighted by Gasteiger charge is 2.19. The van der Waals surface area contributed by atoms with Gasteiger partial charge in [0.15, 0.2) is 6.10 Å². The molecule has 0 radical (unpaired) electrons. The number of carbonyl (C=O) groups is 3. The average Bonchev–Trinajstić information content (AvgIpc) is 3.37. The predicted molar refractivity (Wildman–Crippen MR) is 307 cm³/mol. The minimum atomic E-state index is -0.781. The fraction of sp³-hybridized carbons (Fsp3) is 0.862. The van der Waals surface area contributed by atoms with E-state index < -0.39 is 6.10 Å². The van der Waals surface area contributed by atoms with Gasteiger partial charge in [-0.2, -0.15) is 0 Å². The molecule has 0 saturated heterocycles. The molecule has 0 amide bonds. The summed E-state index contributed by atoms with van der Waals surface area (Å²) in [7, 11) is 0. The molecule has 0 heterocycles. The second kappa shape index (κ2) is 60.2. The standard InChI is InChI=1S/C65H120O6/c1-4-7-10-13-15-17-19-21-22-23-24-25-26-27-28-29-30-31-32-33-34-35-36-37-38-39-40-41-42-44-45-47-49-52-55-58-64(67)70-61-62(60-69-63(66)57-54-51-12-9-6-3)71-65(68)59-56-53-50-48-46-43-20-18-16-14-11-8-5-2/h8,11,16,18,43,46,62H,4-7,9-10,12-15,17,19-42,44-45,47-61H2,1-3H3/b11-8-,18-16-,46-43-. The highest BCUT2D eigenvalue weighted by Crippen LogP contribution is 2.18. The van der Waals surface area contributed by atoms with Crippen molar-refractivity contribution in [3.63, 3.8) is 0 Å². The molecule has 0 N–H and O–H groups in total. The van der Waals surface area contributed by atoms with Crippen LogP contribution in [-0.4, -0.2) is 37.2 Å². The van der Waals surface area contributed by atoms with Gasteiger partial charge in [0.25, 0.3) is 0 Å². The third-order valence-electron chi connectivity index (χ3n) is 14.2. The van der Waals surface area contributed by atoms with Crippen molar-refractivity contribution in [3.05, 3.63) is 36.5 Å². The monoisotopic (exact) mass is 997 g/mol. The Labute approximate surface area is 442 Å². The zero-order valence-electron chi connectivity index (χ0n) is 47.8. The van der Waals surface area contributed by atoms with Gasteiger partial charge in [-0.15, -0.1) is 0 Å². The molecule has 0 aromatic rings. The smallest absolute Gasteiger partial charge is 0.306 e. The Morgan fingerprint density at radius 2 is 0.549 bits per heavy atom. The molecule has 1 atom stereocenters. The maximum absolute atomic E-state index is 12.7. The molecule has 0 aromatic carbocycles. The van der Waals surface area contributed by atoms with Crippen molar-refractivity contribution in [2.75, 3.05) is 13.2 Å². The topological polar surface area (TPSA) is 78.9 Å². The van der Waals surface area contributed by atoms with E-state index in [9.17, 15) is 14.4 Å². The number of unbranched alkanes of at least 4 members (excludes halogenated alkanes) is 41. The number of carbonyl (C=O) groups excluding carboxylic acids is 3. The summed E-state index contributed by atoms with van der Waals surface area (Å²) < 4.78 is 16.7. The molecule has 0 fully saturated rings. The van der Waals surface area contributed by atoms with Gasteiger partial charge in [0.2, 0.25) is 0 Å². The molecule has 1 unspecified atom stereocenters. The second-order valence-electron chi connectivity index (χ2n) is 21.3. The van der Waals surface area contributed by atoms with Gasteiger partial charge < -0.3 is 14.2 Å². The average molecular weight is 998 g/mol. The van der Waals surface area contributed by atoms with E-state index in [1.54, 1.807) is 0 Å². The van der Waals surface area contributed by atoms with Crippen LogP contribution in [0.4, 0.5) is 0 Å². The SMILES string of the molecule is CC/C=C\C/C=C\C/C=C\CCCCCC(=O)OC(COC(=O)CCCCCCC)COC(=O)CCCCCCCCCCCCCCCCCCCCCCCCCCCCCCCCCCCCC. The zero-order chi connectivity index (χ0) is 51.4. The summed E-state index contributed by atoms with van der Waals surface area (Å²) in [5.74, 6) is -0.912. The first kappa shape index (κ1) is 68.6. The number of hydrogen-bond donors (Lipinski definition) is 0. The van der Waals surface area contributed by atoms with Crippen LogP contribution >= 0.6 is 0 Å². The van der Waals surface area contributed by atoms with Gasteiger partial charge in [-0.1, -0.05) is 308 Å². The molecule has 0 spiro atoms. The third-order valence-corrected chi connectivity index (χ3v) is 14.2. The van der Waals surface area contributed by atoms with E-state index >= 15 is 0 Å². The lowest BCUT2D eigenvalue weighted by atomic mass is 10.0. The van der Waals surface area contributed by atoms with E-state index in [1.807, 2.05) is 0 Å². The molecule has 0 aliphatic carbocycles. The number of hydrogen-bond acceptors (Lipinski definition) is 6. The predicted octanol–water partition coefficient (Wildman–Crippen LogP) is 21.2. The van der Waals surface area contributed by atoms with Crippen molar-refractivity contribution in [3.8, 4) is 0 Å². The molecule has 416 valence electrons. The Kier molecular flexibility index (Phi) is 58.2. The summed E-state index contributed by atoms with van der Waals surface area (Å²) in [6.45, 7) is 6.45. The van der Waals surface area contributed by atoms with Crippen LogP contribution in [0.15, 0.2) is 36.5 Å². The number of allylic oxidation sites excluding steroid dienone is 6. The van der Waals surface area contributed by atoms with E-state index in [-0.39, 0.29) is 31.1 Å². The van der Waals surface area contributed by atoms with Crippen LogP contribution < -0.4 is 0 Å². The highest BCUT2D eigenvalue weighted by atomic mass is 16.6. The summed E-state index contributed by atoms with van der Waals surface area (Å²) in [5.41, 5.74) is 0. The van der Waals surface area contributed by atoms with Crippen LogP contribution in [0.5, 0.6) is 0 Å². The summed E-state index contributed by atoms with van der Waals surface area (Å²) in [4.78, 5) is 37.7. The van der Waals surface area contributed by atoms with Gasteiger partial charge in [0, 0.05) is 19.3 Å². The lowest BCUT2D eigenvalue weighted by molar-refractivity contribution is -0.167. The van der Waals surface area contributed by atoms with Crippen molar-refractivity contribution < 1.29 is 28.6 Å². The van der Waals surface area contributed by atoms with Gasteiger partial charge in [0.05, 0.1) is 0 Å². The first-order chi connectivity index (χ1) is 35.0. The molecule has 0 bridgehead atoms. The van der Waals surface area contributed by atoms with Crippen LogP contribution in [0.25, 0.3) is 0 Å². The van der Waals surface area contributed by atoms with Gasteiger partial charge in [-0.3, -0.25) is 14.4 Å². The molecule has 0 saturated carbocycles. The fourth-order valence-corrected chi connectivity index (χ4v) is 9.46. The van der Waals surface area contributed by atoms with Crippen LogP contribution in [-0.2, 0) is 28.6 Å². The van der Waals surface area contributed by atoms with Crippen LogP contribution in [0.3, 0.4) is 0 Å². The van der Waals surface area contributed by atoms with Crippen molar-refractivity contribution >= 4 is 17.9 Å². The lowest BCUT2D eigenvalue weighted by Gasteiger charge is -2.18. The Morgan fingerprint density at radius 3 is 0.859 bits per heavy atom. The Morgan fingerprint density at radius 1 is 0.296 bits per heavy atom.